The van der Waals surface area contributed by atoms with Crippen molar-refractivity contribution in [1.29, 1.82) is 0 Å². The van der Waals surface area contributed by atoms with E-state index in [0.717, 1.165) is 30.8 Å². The van der Waals surface area contributed by atoms with Crippen LogP contribution in [0.25, 0.3) is 5.65 Å². The molecule has 1 N–H and O–H groups in total. The first-order valence-electron chi connectivity index (χ1n) is 9.67. The second-order valence-electron chi connectivity index (χ2n) is 8.33. The molecule has 2 aromatic rings. The van der Waals surface area contributed by atoms with Gasteiger partial charge in [-0.15, -0.1) is 0 Å². The van der Waals surface area contributed by atoms with Gasteiger partial charge in [-0.25, -0.2) is 9.78 Å². The molecule has 1 aliphatic carbocycles. The van der Waals surface area contributed by atoms with Crippen LogP contribution in [0.5, 0.6) is 0 Å². The fraction of sp³-hybridized carbons (Fsp3) is 0.579. The molecule has 2 fully saturated rings. The van der Waals surface area contributed by atoms with Crippen LogP contribution in [-0.2, 0) is 4.74 Å². The SMILES string of the molecule is CC(C)(C)OC(=O)N1CCN(c2cc(NC3CC3)n3ncc(C=O)c3n2)CC1. The molecule has 0 atom stereocenters. The maximum absolute atomic E-state index is 12.3. The summed E-state index contributed by atoms with van der Waals surface area (Å²) >= 11 is 0. The summed E-state index contributed by atoms with van der Waals surface area (Å²) in [5.74, 6) is 1.62. The van der Waals surface area contributed by atoms with Crippen LogP contribution in [0.15, 0.2) is 12.3 Å². The van der Waals surface area contributed by atoms with Crippen LogP contribution in [-0.4, -0.2) is 69.7 Å². The van der Waals surface area contributed by atoms with E-state index in [1.54, 1.807) is 9.42 Å². The molecule has 1 saturated carbocycles. The summed E-state index contributed by atoms with van der Waals surface area (Å²) < 4.78 is 7.14. The van der Waals surface area contributed by atoms with Crippen molar-refractivity contribution in [2.45, 2.75) is 45.3 Å². The maximum Gasteiger partial charge on any atom is 0.410 e. The summed E-state index contributed by atoms with van der Waals surface area (Å²) in [6.07, 6.45) is 4.30. The number of nitrogens with zero attached hydrogens (tertiary/aromatic N) is 5. The largest absolute Gasteiger partial charge is 0.444 e. The van der Waals surface area contributed by atoms with Gasteiger partial charge >= 0.3 is 6.09 Å². The lowest BCUT2D eigenvalue weighted by Gasteiger charge is -2.36. The van der Waals surface area contributed by atoms with Gasteiger partial charge < -0.3 is 19.9 Å². The smallest absolute Gasteiger partial charge is 0.410 e. The summed E-state index contributed by atoms with van der Waals surface area (Å²) in [7, 11) is 0. The molecule has 0 spiro atoms. The Bertz CT molecular complexity index is 891. The highest BCUT2D eigenvalue weighted by molar-refractivity contribution is 5.85. The molecule has 0 aromatic carbocycles. The number of hydrogen-bond donors (Lipinski definition) is 1. The summed E-state index contributed by atoms with van der Waals surface area (Å²) in [4.78, 5) is 32.1. The van der Waals surface area contributed by atoms with Gasteiger partial charge in [0.1, 0.15) is 17.2 Å². The molecule has 28 heavy (non-hydrogen) atoms. The molecule has 3 heterocycles. The highest BCUT2D eigenvalue weighted by Crippen LogP contribution is 2.28. The van der Waals surface area contributed by atoms with E-state index in [4.69, 9.17) is 4.74 Å². The summed E-state index contributed by atoms with van der Waals surface area (Å²) in [6, 6.07) is 2.42. The number of rotatable bonds is 4. The highest BCUT2D eigenvalue weighted by atomic mass is 16.6. The minimum atomic E-state index is -0.503. The van der Waals surface area contributed by atoms with Crippen molar-refractivity contribution in [1.82, 2.24) is 19.5 Å². The van der Waals surface area contributed by atoms with Crippen LogP contribution in [0.1, 0.15) is 44.0 Å². The number of carbonyl (C=O) groups excluding carboxylic acids is 2. The van der Waals surface area contributed by atoms with Crippen molar-refractivity contribution >= 4 is 29.7 Å². The summed E-state index contributed by atoms with van der Waals surface area (Å²) in [5, 5.41) is 7.76. The molecular weight excluding hydrogens is 360 g/mol. The van der Waals surface area contributed by atoms with E-state index < -0.39 is 5.60 Å². The average Bonchev–Trinajstić information content (AvgIpc) is 3.36. The predicted octanol–water partition coefficient (Wildman–Crippen LogP) is 2.17. The predicted molar refractivity (Wildman–Crippen MR) is 105 cm³/mol. The first-order chi connectivity index (χ1) is 13.3. The lowest BCUT2D eigenvalue weighted by molar-refractivity contribution is 0.0240. The van der Waals surface area contributed by atoms with Crippen LogP contribution in [0, 0.1) is 0 Å². The fourth-order valence-corrected chi connectivity index (χ4v) is 3.20. The zero-order valence-corrected chi connectivity index (χ0v) is 16.5. The van der Waals surface area contributed by atoms with Gasteiger partial charge in [0, 0.05) is 38.3 Å². The lowest BCUT2D eigenvalue weighted by atomic mass is 10.2. The number of piperazine rings is 1. The molecule has 1 saturated heterocycles. The highest BCUT2D eigenvalue weighted by Gasteiger charge is 2.28. The minimum Gasteiger partial charge on any atom is -0.444 e. The number of hydrogen-bond acceptors (Lipinski definition) is 7. The van der Waals surface area contributed by atoms with Crippen molar-refractivity contribution in [2.75, 3.05) is 36.4 Å². The Morgan fingerprint density at radius 1 is 1.25 bits per heavy atom. The van der Waals surface area contributed by atoms with E-state index in [1.807, 2.05) is 26.8 Å². The number of aromatic nitrogens is 3. The Kier molecular flexibility index (Phi) is 4.60. The van der Waals surface area contributed by atoms with E-state index >= 15 is 0 Å². The molecule has 2 aromatic heterocycles. The quantitative estimate of drug-likeness (QED) is 0.805. The zero-order chi connectivity index (χ0) is 19.9. The number of nitrogens with one attached hydrogen (secondary N) is 1. The van der Waals surface area contributed by atoms with Gasteiger partial charge in [-0.05, 0) is 33.6 Å². The molecule has 0 radical (unpaired) electrons. The topological polar surface area (TPSA) is 92.1 Å². The average molecular weight is 386 g/mol. The van der Waals surface area contributed by atoms with Crippen LogP contribution in [0.3, 0.4) is 0 Å². The van der Waals surface area contributed by atoms with E-state index in [1.165, 1.54) is 6.20 Å². The standard InChI is InChI=1S/C19H26N6O3/c1-19(2,3)28-18(27)24-8-6-23(7-9-24)15-10-16(21-14-4-5-14)25-17(22-15)13(12-26)11-20-25/h10-12,14,21H,4-9H2,1-3H3. The van der Waals surface area contributed by atoms with E-state index in [9.17, 15) is 9.59 Å². The summed E-state index contributed by atoms with van der Waals surface area (Å²) in [6.45, 7) is 8.02. The second-order valence-corrected chi connectivity index (χ2v) is 8.33. The number of carbonyl (C=O) groups is 2. The first kappa shape index (κ1) is 18.5. The van der Waals surface area contributed by atoms with Crippen molar-refractivity contribution in [3.8, 4) is 0 Å². The van der Waals surface area contributed by atoms with E-state index in [2.05, 4.69) is 20.3 Å². The lowest BCUT2D eigenvalue weighted by Crippen LogP contribution is -2.50. The Morgan fingerprint density at radius 2 is 1.96 bits per heavy atom. The number of anilines is 2. The third-order valence-electron chi connectivity index (χ3n) is 4.80. The molecule has 1 amide bonds. The van der Waals surface area contributed by atoms with Gasteiger partial charge in [0.25, 0.3) is 0 Å². The van der Waals surface area contributed by atoms with E-state index in [0.29, 0.717) is 43.4 Å². The number of fused-ring (bicyclic) bond motifs is 1. The molecule has 2 aliphatic rings. The Hall–Kier alpha value is -2.84. The van der Waals surface area contributed by atoms with Gasteiger partial charge in [-0.2, -0.15) is 9.61 Å². The van der Waals surface area contributed by atoms with Crippen molar-refractivity contribution < 1.29 is 14.3 Å². The Balaban J connectivity index is 1.53. The number of aldehydes is 1. The molecule has 0 unspecified atom stereocenters. The molecule has 4 rings (SSSR count). The van der Waals surface area contributed by atoms with Crippen LogP contribution >= 0.6 is 0 Å². The number of ether oxygens (including phenoxy) is 1. The fourth-order valence-electron chi connectivity index (χ4n) is 3.20. The van der Waals surface area contributed by atoms with Gasteiger partial charge in [0.2, 0.25) is 0 Å². The third-order valence-corrected chi connectivity index (χ3v) is 4.80. The van der Waals surface area contributed by atoms with Gasteiger partial charge in [0.05, 0.1) is 11.8 Å². The molecule has 9 nitrogen and oxygen atoms in total. The third kappa shape index (κ3) is 3.88. The van der Waals surface area contributed by atoms with Crippen LogP contribution in [0.4, 0.5) is 16.4 Å². The van der Waals surface area contributed by atoms with Crippen LogP contribution in [0.2, 0.25) is 0 Å². The molecule has 0 bridgehead atoms. The van der Waals surface area contributed by atoms with Gasteiger partial charge in [0.15, 0.2) is 11.9 Å². The Morgan fingerprint density at radius 3 is 2.57 bits per heavy atom. The molecule has 150 valence electrons. The zero-order valence-electron chi connectivity index (χ0n) is 16.5. The summed E-state index contributed by atoms with van der Waals surface area (Å²) in [5.41, 5.74) is 0.510. The first-order valence-corrected chi connectivity index (χ1v) is 9.67. The van der Waals surface area contributed by atoms with Gasteiger partial charge in [-0.3, -0.25) is 4.79 Å². The molecule has 1 aliphatic heterocycles. The maximum atomic E-state index is 12.3. The monoisotopic (exact) mass is 386 g/mol. The normalized spacial score (nSPS) is 17.7. The number of amides is 1. The van der Waals surface area contributed by atoms with Crippen molar-refractivity contribution in [3.63, 3.8) is 0 Å². The van der Waals surface area contributed by atoms with Crippen molar-refractivity contribution in [3.05, 3.63) is 17.8 Å². The second kappa shape index (κ2) is 6.96. The minimum absolute atomic E-state index is 0.286. The Labute approximate surface area is 163 Å². The molecule has 9 heteroatoms. The molecular formula is C19H26N6O3. The van der Waals surface area contributed by atoms with E-state index in [-0.39, 0.29) is 6.09 Å². The van der Waals surface area contributed by atoms with Crippen molar-refractivity contribution in [2.24, 2.45) is 0 Å². The van der Waals surface area contributed by atoms with Gasteiger partial charge in [-0.1, -0.05) is 0 Å². The van der Waals surface area contributed by atoms with Crippen LogP contribution < -0.4 is 10.2 Å².